The summed E-state index contributed by atoms with van der Waals surface area (Å²) in [4.78, 5) is 11.9. The van der Waals surface area contributed by atoms with E-state index < -0.39 is 0 Å². The summed E-state index contributed by atoms with van der Waals surface area (Å²) in [5.74, 6) is -0.394. The highest BCUT2D eigenvalue weighted by Gasteiger charge is 2.11. The van der Waals surface area contributed by atoms with Crippen molar-refractivity contribution in [2.75, 3.05) is 5.32 Å². The van der Waals surface area contributed by atoms with Gasteiger partial charge in [-0.25, -0.2) is 4.39 Å². The van der Waals surface area contributed by atoms with Crippen LogP contribution >= 0.6 is 0 Å². The Morgan fingerprint density at radius 2 is 1.75 bits per heavy atom. The largest absolute Gasteiger partial charge is 0.374 e. The van der Waals surface area contributed by atoms with E-state index in [1.54, 1.807) is 19.1 Å². The number of halogens is 1. The van der Waals surface area contributed by atoms with Gasteiger partial charge in [-0.1, -0.05) is 30.3 Å². The molecule has 104 valence electrons. The molecule has 0 bridgehead atoms. The smallest absolute Gasteiger partial charge is 0.242 e. The second kappa shape index (κ2) is 6.70. The Kier molecular flexibility index (Phi) is 4.71. The molecule has 1 atom stereocenters. The molecule has 2 rings (SSSR count). The fourth-order valence-electron chi connectivity index (χ4n) is 1.80. The van der Waals surface area contributed by atoms with Crippen molar-refractivity contribution in [3.8, 4) is 0 Å². The van der Waals surface area contributed by atoms with Crippen molar-refractivity contribution in [3.63, 3.8) is 0 Å². The molecule has 0 heterocycles. The molecular weight excluding hydrogens is 255 g/mol. The minimum absolute atomic E-state index is 0.0989. The number of nitrogens with one attached hydrogen (secondary N) is 2. The predicted molar refractivity (Wildman–Crippen MR) is 77.8 cm³/mol. The monoisotopic (exact) mass is 272 g/mol. The second-order valence-corrected chi connectivity index (χ2v) is 4.58. The van der Waals surface area contributed by atoms with Gasteiger partial charge in [0, 0.05) is 12.2 Å². The maximum absolute atomic E-state index is 12.8. The van der Waals surface area contributed by atoms with Crippen LogP contribution in [0.25, 0.3) is 0 Å². The Balaban J connectivity index is 1.84. The molecule has 2 N–H and O–H groups in total. The van der Waals surface area contributed by atoms with Crippen LogP contribution in [0.15, 0.2) is 54.6 Å². The van der Waals surface area contributed by atoms with E-state index in [1.807, 2.05) is 30.3 Å². The predicted octanol–water partition coefficient (Wildman–Crippen LogP) is 2.94. The van der Waals surface area contributed by atoms with Gasteiger partial charge in [-0.2, -0.15) is 0 Å². The zero-order chi connectivity index (χ0) is 14.4. The van der Waals surface area contributed by atoms with E-state index in [1.165, 1.54) is 12.1 Å². The van der Waals surface area contributed by atoms with Crippen LogP contribution < -0.4 is 10.6 Å². The number of hydrogen-bond acceptors (Lipinski definition) is 2. The third-order valence-corrected chi connectivity index (χ3v) is 2.93. The van der Waals surface area contributed by atoms with E-state index in [2.05, 4.69) is 10.6 Å². The summed E-state index contributed by atoms with van der Waals surface area (Å²) in [5.41, 5.74) is 1.77. The average molecular weight is 272 g/mol. The molecule has 0 fully saturated rings. The lowest BCUT2D eigenvalue weighted by atomic mass is 10.2. The average Bonchev–Trinajstić information content (AvgIpc) is 2.48. The number of anilines is 1. The van der Waals surface area contributed by atoms with Gasteiger partial charge in [-0.05, 0) is 36.8 Å². The lowest BCUT2D eigenvalue weighted by Crippen LogP contribution is -2.37. The Labute approximate surface area is 117 Å². The van der Waals surface area contributed by atoms with Gasteiger partial charge in [0.25, 0.3) is 0 Å². The van der Waals surface area contributed by atoms with Crippen LogP contribution in [0.5, 0.6) is 0 Å². The number of benzene rings is 2. The van der Waals surface area contributed by atoms with Crippen LogP contribution in [-0.4, -0.2) is 11.9 Å². The fraction of sp³-hybridized carbons (Fsp3) is 0.188. The van der Waals surface area contributed by atoms with E-state index in [9.17, 15) is 9.18 Å². The molecule has 20 heavy (non-hydrogen) atoms. The van der Waals surface area contributed by atoms with Crippen molar-refractivity contribution >= 4 is 11.6 Å². The zero-order valence-corrected chi connectivity index (χ0v) is 11.3. The normalized spacial score (nSPS) is 11.7. The first-order chi connectivity index (χ1) is 9.65. The lowest BCUT2D eigenvalue weighted by Gasteiger charge is -2.15. The van der Waals surface area contributed by atoms with Gasteiger partial charge in [0.15, 0.2) is 0 Å². The van der Waals surface area contributed by atoms with Gasteiger partial charge in [-0.15, -0.1) is 0 Å². The summed E-state index contributed by atoms with van der Waals surface area (Å²) < 4.78 is 12.8. The number of hydrogen-bond donors (Lipinski definition) is 2. The van der Waals surface area contributed by atoms with Gasteiger partial charge in [0.2, 0.25) is 5.91 Å². The molecule has 1 amide bonds. The first kappa shape index (κ1) is 14.1. The van der Waals surface area contributed by atoms with E-state index in [-0.39, 0.29) is 17.8 Å². The first-order valence-electron chi connectivity index (χ1n) is 6.49. The van der Waals surface area contributed by atoms with Crippen molar-refractivity contribution in [3.05, 3.63) is 66.0 Å². The first-order valence-corrected chi connectivity index (χ1v) is 6.49. The number of carbonyl (C=O) groups is 1. The Morgan fingerprint density at radius 1 is 1.10 bits per heavy atom. The molecular formula is C16H17FN2O. The molecule has 0 aliphatic carbocycles. The van der Waals surface area contributed by atoms with Crippen molar-refractivity contribution in [2.24, 2.45) is 0 Å². The highest BCUT2D eigenvalue weighted by molar-refractivity contribution is 5.84. The van der Waals surface area contributed by atoms with Gasteiger partial charge >= 0.3 is 0 Å². The summed E-state index contributed by atoms with van der Waals surface area (Å²) in [5, 5.41) is 5.88. The molecule has 0 unspecified atom stereocenters. The van der Waals surface area contributed by atoms with Crippen molar-refractivity contribution in [1.82, 2.24) is 5.32 Å². The quantitative estimate of drug-likeness (QED) is 0.878. The Morgan fingerprint density at radius 3 is 2.40 bits per heavy atom. The maximum Gasteiger partial charge on any atom is 0.242 e. The molecule has 2 aromatic carbocycles. The summed E-state index contributed by atoms with van der Waals surface area (Å²) in [6.07, 6.45) is 0. The van der Waals surface area contributed by atoms with E-state index >= 15 is 0 Å². The molecule has 0 aromatic heterocycles. The minimum Gasteiger partial charge on any atom is -0.374 e. The number of carbonyl (C=O) groups excluding carboxylic acids is 1. The Bertz CT molecular complexity index is 554. The third kappa shape index (κ3) is 4.09. The van der Waals surface area contributed by atoms with Crippen LogP contribution in [0, 0.1) is 5.82 Å². The van der Waals surface area contributed by atoms with Gasteiger partial charge in [0.1, 0.15) is 11.9 Å². The standard InChI is InChI=1S/C16H17FN2O/c1-12(19-15-9-7-14(17)8-10-15)16(20)18-11-13-5-3-2-4-6-13/h2-10,12,19H,11H2,1H3,(H,18,20)/t12-/m1/s1. The van der Waals surface area contributed by atoms with Crippen molar-refractivity contribution < 1.29 is 9.18 Å². The van der Waals surface area contributed by atoms with Crippen molar-refractivity contribution in [2.45, 2.75) is 19.5 Å². The summed E-state index contributed by atoms with van der Waals surface area (Å²) in [7, 11) is 0. The lowest BCUT2D eigenvalue weighted by molar-refractivity contribution is -0.121. The SMILES string of the molecule is C[C@@H](Nc1ccc(F)cc1)C(=O)NCc1ccccc1. The molecule has 3 nitrogen and oxygen atoms in total. The summed E-state index contributed by atoms with van der Waals surface area (Å²) in [6, 6.07) is 15.3. The third-order valence-electron chi connectivity index (χ3n) is 2.93. The Hall–Kier alpha value is -2.36. The molecule has 0 aliphatic heterocycles. The maximum atomic E-state index is 12.8. The molecule has 0 saturated carbocycles. The topological polar surface area (TPSA) is 41.1 Å². The van der Waals surface area contributed by atoms with E-state index in [0.29, 0.717) is 12.2 Å². The molecule has 0 spiro atoms. The fourth-order valence-corrected chi connectivity index (χ4v) is 1.80. The van der Waals surface area contributed by atoms with Crippen LogP contribution in [-0.2, 0) is 11.3 Å². The zero-order valence-electron chi connectivity index (χ0n) is 11.3. The van der Waals surface area contributed by atoms with Gasteiger partial charge < -0.3 is 10.6 Å². The van der Waals surface area contributed by atoms with Crippen LogP contribution in [0.3, 0.4) is 0 Å². The molecule has 0 saturated heterocycles. The van der Waals surface area contributed by atoms with E-state index in [0.717, 1.165) is 5.56 Å². The van der Waals surface area contributed by atoms with E-state index in [4.69, 9.17) is 0 Å². The highest BCUT2D eigenvalue weighted by Crippen LogP contribution is 2.09. The van der Waals surface area contributed by atoms with Crippen LogP contribution in [0.1, 0.15) is 12.5 Å². The molecule has 4 heteroatoms. The van der Waals surface area contributed by atoms with Gasteiger partial charge in [-0.3, -0.25) is 4.79 Å². The summed E-state index contributed by atoms with van der Waals surface area (Å²) >= 11 is 0. The highest BCUT2D eigenvalue weighted by atomic mass is 19.1. The number of amides is 1. The van der Waals surface area contributed by atoms with Crippen molar-refractivity contribution in [1.29, 1.82) is 0 Å². The van der Waals surface area contributed by atoms with Crippen LogP contribution in [0.4, 0.5) is 10.1 Å². The number of rotatable bonds is 5. The second-order valence-electron chi connectivity index (χ2n) is 4.58. The molecule has 2 aromatic rings. The summed E-state index contributed by atoms with van der Waals surface area (Å²) in [6.45, 7) is 2.26. The molecule has 0 aliphatic rings. The van der Waals surface area contributed by atoms with Crippen LogP contribution in [0.2, 0.25) is 0 Å². The molecule has 0 radical (unpaired) electrons. The van der Waals surface area contributed by atoms with Gasteiger partial charge in [0.05, 0.1) is 0 Å². The minimum atomic E-state index is -0.385.